The van der Waals surface area contributed by atoms with Crippen LogP contribution in [0.3, 0.4) is 0 Å². The molecule has 1 saturated heterocycles. The zero-order valence-electron chi connectivity index (χ0n) is 17.2. The molecule has 3 rings (SSSR count). The topological polar surface area (TPSA) is 60.0 Å². The SMILES string of the molecule is CCCCOc1ccc(C(=O)NCC(c2cccs2)N2CCOCC2)cc1OC. The van der Waals surface area contributed by atoms with Crippen molar-refractivity contribution in [2.75, 3.05) is 46.6 Å². The van der Waals surface area contributed by atoms with Gasteiger partial charge in [-0.15, -0.1) is 11.3 Å². The van der Waals surface area contributed by atoms with Gasteiger partial charge in [-0.3, -0.25) is 9.69 Å². The van der Waals surface area contributed by atoms with Crippen molar-refractivity contribution < 1.29 is 19.0 Å². The molecule has 1 fully saturated rings. The number of unbranched alkanes of at least 4 members (excludes halogenated alkanes) is 1. The second kappa shape index (κ2) is 11.2. The first-order valence-electron chi connectivity index (χ1n) is 10.2. The maximum absolute atomic E-state index is 12.8. The van der Waals surface area contributed by atoms with Crippen molar-refractivity contribution in [1.29, 1.82) is 0 Å². The molecule has 7 heteroatoms. The normalized spacial score (nSPS) is 15.7. The highest BCUT2D eigenvalue weighted by atomic mass is 32.1. The number of methoxy groups -OCH3 is 1. The van der Waals surface area contributed by atoms with Gasteiger partial charge in [0.05, 0.1) is 33.0 Å². The Morgan fingerprint density at radius 2 is 2.10 bits per heavy atom. The molecule has 2 aromatic rings. The number of hydrogen-bond donors (Lipinski definition) is 1. The Morgan fingerprint density at radius 3 is 2.79 bits per heavy atom. The van der Waals surface area contributed by atoms with Crippen molar-refractivity contribution >= 4 is 17.2 Å². The first kappa shape index (κ1) is 21.6. The molecule has 0 saturated carbocycles. The largest absolute Gasteiger partial charge is 0.493 e. The van der Waals surface area contributed by atoms with E-state index in [4.69, 9.17) is 14.2 Å². The second-order valence-corrected chi connectivity index (χ2v) is 7.94. The van der Waals surface area contributed by atoms with Crippen LogP contribution in [0.5, 0.6) is 11.5 Å². The quantitative estimate of drug-likeness (QED) is 0.596. The number of amides is 1. The van der Waals surface area contributed by atoms with Crippen LogP contribution in [0.25, 0.3) is 0 Å². The number of carbonyl (C=O) groups is 1. The standard InChI is InChI=1S/C22H30N2O4S/c1-3-4-11-28-19-8-7-17(15-20(19)26-2)22(25)23-16-18(21-6-5-14-29-21)24-9-12-27-13-10-24/h5-8,14-15,18H,3-4,9-13,16H2,1-2H3,(H,23,25). The minimum atomic E-state index is -0.113. The zero-order chi connectivity index (χ0) is 20.5. The Hall–Kier alpha value is -2.09. The average molecular weight is 419 g/mol. The van der Waals surface area contributed by atoms with Gasteiger partial charge in [-0.05, 0) is 36.1 Å². The van der Waals surface area contributed by atoms with Gasteiger partial charge in [0.15, 0.2) is 11.5 Å². The summed E-state index contributed by atoms with van der Waals surface area (Å²) in [6, 6.07) is 9.67. The van der Waals surface area contributed by atoms with Crippen molar-refractivity contribution in [2.24, 2.45) is 0 Å². The van der Waals surface area contributed by atoms with Gasteiger partial charge in [0.25, 0.3) is 5.91 Å². The number of nitrogens with one attached hydrogen (secondary N) is 1. The molecular formula is C22H30N2O4S. The fourth-order valence-electron chi connectivity index (χ4n) is 3.33. The van der Waals surface area contributed by atoms with Crippen LogP contribution in [0.15, 0.2) is 35.7 Å². The van der Waals surface area contributed by atoms with Crippen molar-refractivity contribution in [2.45, 2.75) is 25.8 Å². The van der Waals surface area contributed by atoms with Gasteiger partial charge in [-0.1, -0.05) is 19.4 Å². The highest BCUT2D eigenvalue weighted by Crippen LogP contribution is 2.29. The zero-order valence-corrected chi connectivity index (χ0v) is 18.0. The van der Waals surface area contributed by atoms with E-state index in [1.54, 1.807) is 30.6 Å². The number of ether oxygens (including phenoxy) is 3. The third-order valence-corrected chi connectivity index (χ3v) is 5.97. The van der Waals surface area contributed by atoms with Crippen molar-refractivity contribution in [3.05, 3.63) is 46.2 Å². The second-order valence-electron chi connectivity index (χ2n) is 6.96. The predicted molar refractivity (Wildman–Crippen MR) is 115 cm³/mol. The third-order valence-electron chi connectivity index (χ3n) is 5.00. The summed E-state index contributed by atoms with van der Waals surface area (Å²) in [4.78, 5) is 16.4. The Morgan fingerprint density at radius 1 is 1.28 bits per heavy atom. The summed E-state index contributed by atoms with van der Waals surface area (Å²) in [5, 5.41) is 5.17. The molecule has 0 bridgehead atoms. The Bertz CT molecular complexity index is 760. The van der Waals surface area contributed by atoms with Crippen LogP contribution in [-0.4, -0.2) is 57.4 Å². The van der Waals surface area contributed by atoms with E-state index >= 15 is 0 Å². The van der Waals surface area contributed by atoms with E-state index < -0.39 is 0 Å². The van der Waals surface area contributed by atoms with Gasteiger partial charge in [0.1, 0.15) is 0 Å². The fraction of sp³-hybridized carbons (Fsp3) is 0.500. The minimum Gasteiger partial charge on any atom is -0.493 e. The number of carbonyl (C=O) groups excluding carboxylic acids is 1. The lowest BCUT2D eigenvalue weighted by Crippen LogP contribution is -2.43. The van der Waals surface area contributed by atoms with E-state index in [1.165, 1.54) is 4.88 Å². The molecule has 1 aliphatic rings. The van der Waals surface area contributed by atoms with E-state index in [1.807, 2.05) is 6.07 Å². The van der Waals surface area contributed by atoms with Gasteiger partial charge >= 0.3 is 0 Å². The molecule has 1 aromatic carbocycles. The van der Waals surface area contributed by atoms with E-state index in [2.05, 4.69) is 34.7 Å². The maximum atomic E-state index is 12.8. The van der Waals surface area contributed by atoms with E-state index in [-0.39, 0.29) is 11.9 Å². The first-order valence-corrected chi connectivity index (χ1v) is 11.0. The van der Waals surface area contributed by atoms with Crippen molar-refractivity contribution in [3.63, 3.8) is 0 Å². The number of nitrogens with zero attached hydrogens (tertiary/aromatic N) is 1. The molecular weight excluding hydrogens is 388 g/mol. The molecule has 1 amide bonds. The summed E-state index contributed by atoms with van der Waals surface area (Å²) in [5.74, 6) is 1.14. The molecule has 0 radical (unpaired) electrons. The van der Waals surface area contributed by atoms with Crippen LogP contribution in [0.1, 0.15) is 41.0 Å². The number of morpholine rings is 1. The van der Waals surface area contributed by atoms with Crippen LogP contribution >= 0.6 is 11.3 Å². The Balaban J connectivity index is 1.65. The van der Waals surface area contributed by atoms with E-state index in [0.717, 1.165) is 39.1 Å². The Kier molecular flexibility index (Phi) is 8.34. The number of thiophene rings is 1. The van der Waals surface area contributed by atoms with Gasteiger partial charge in [-0.25, -0.2) is 0 Å². The summed E-state index contributed by atoms with van der Waals surface area (Å²) in [6.07, 6.45) is 2.05. The molecule has 29 heavy (non-hydrogen) atoms. The molecule has 1 aromatic heterocycles. The molecule has 6 nitrogen and oxygen atoms in total. The molecule has 1 unspecified atom stereocenters. The van der Waals surface area contributed by atoms with Crippen LogP contribution in [-0.2, 0) is 4.74 Å². The molecule has 2 heterocycles. The summed E-state index contributed by atoms with van der Waals surface area (Å²) in [6.45, 7) is 6.51. The molecule has 0 aliphatic carbocycles. The molecule has 1 atom stereocenters. The lowest BCUT2D eigenvalue weighted by atomic mass is 10.1. The lowest BCUT2D eigenvalue weighted by Gasteiger charge is -2.34. The first-order chi connectivity index (χ1) is 14.2. The van der Waals surface area contributed by atoms with Gasteiger partial charge in [0.2, 0.25) is 0 Å². The number of hydrogen-bond acceptors (Lipinski definition) is 6. The highest BCUT2D eigenvalue weighted by Gasteiger charge is 2.24. The van der Waals surface area contributed by atoms with Crippen LogP contribution in [0.2, 0.25) is 0 Å². The summed E-state index contributed by atoms with van der Waals surface area (Å²) < 4.78 is 16.7. The smallest absolute Gasteiger partial charge is 0.251 e. The van der Waals surface area contributed by atoms with Gasteiger partial charge in [-0.2, -0.15) is 0 Å². The monoisotopic (exact) mass is 418 g/mol. The average Bonchev–Trinajstić information content (AvgIpc) is 3.29. The van der Waals surface area contributed by atoms with Crippen molar-refractivity contribution in [3.8, 4) is 11.5 Å². The molecule has 0 spiro atoms. The Labute approximate surface area is 176 Å². The van der Waals surface area contributed by atoms with Gasteiger partial charge < -0.3 is 19.5 Å². The van der Waals surface area contributed by atoms with E-state index in [9.17, 15) is 4.79 Å². The van der Waals surface area contributed by atoms with Crippen LogP contribution in [0, 0.1) is 0 Å². The molecule has 1 aliphatic heterocycles. The summed E-state index contributed by atoms with van der Waals surface area (Å²) in [7, 11) is 1.59. The fourth-order valence-corrected chi connectivity index (χ4v) is 4.19. The van der Waals surface area contributed by atoms with Crippen LogP contribution < -0.4 is 14.8 Å². The van der Waals surface area contributed by atoms with E-state index in [0.29, 0.717) is 30.2 Å². The number of benzene rings is 1. The molecule has 1 N–H and O–H groups in total. The summed E-state index contributed by atoms with van der Waals surface area (Å²) in [5.41, 5.74) is 0.566. The lowest BCUT2D eigenvalue weighted by molar-refractivity contribution is 0.0169. The number of rotatable bonds is 10. The maximum Gasteiger partial charge on any atom is 0.251 e. The molecule has 158 valence electrons. The van der Waals surface area contributed by atoms with Crippen LogP contribution in [0.4, 0.5) is 0 Å². The minimum absolute atomic E-state index is 0.113. The summed E-state index contributed by atoms with van der Waals surface area (Å²) >= 11 is 1.72. The van der Waals surface area contributed by atoms with Crippen molar-refractivity contribution in [1.82, 2.24) is 10.2 Å². The third kappa shape index (κ3) is 5.95. The van der Waals surface area contributed by atoms with Gasteiger partial charge in [0, 0.05) is 30.1 Å². The highest BCUT2D eigenvalue weighted by molar-refractivity contribution is 7.10. The predicted octanol–water partition coefficient (Wildman–Crippen LogP) is 3.74.